The van der Waals surface area contributed by atoms with Gasteiger partial charge in [0, 0.05) is 15.2 Å². The Morgan fingerprint density at radius 1 is 0.938 bits per heavy atom. The predicted octanol–water partition coefficient (Wildman–Crippen LogP) is 3.92. The molecule has 1 saturated heterocycles. The normalized spacial score (nSPS) is 30.5. The number of carbonyl (C=O) groups excluding carboxylic acids is 3. The SMILES string of the molecule is O=C(Nc1ccccc1C(=O)O)c1cccc(N2C(=O)[C@@H]3[C@H]4C[C@@H]([C@H](Br)[C@H]4Br)[C@@H]3C2=O)c1. The van der Waals surface area contributed by atoms with E-state index >= 15 is 0 Å². The third kappa shape index (κ3) is 3.13. The maximum absolute atomic E-state index is 13.2. The lowest BCUT2D eigenvalue weighted by Gasteiger charge is -2.28. The molecular formula is C23H18Br2N2O5. The number of fused-ring (bicyclic) bond motifs is 5. The first-order valence-electron chi connectivity index (χ1n) is 10.2. The monoisotopic (exact) mass is 560 g/mol. The predicted molar refractivity (Wildman–Crippen MR) is 124 cm³/mol. The summed E-state index contributed by atoms with van der Waals surface area (Å²) in [6.45, 7) is 0. The van der Waals surface area contributed by atoms with E-state index in [4.69, 9.17) is 0 Å². The molecule has 7 nitrogen and oxygen atoms in total. The topological polar surface area (TPSA) is 104 Å². The molecule has 0 spiro atoms. The second-order valence-corrected chi connectivity index (χ2v) is 10.5. The van der Waals surface area contributed by atoms with Gasteiger partial charge < -0.3 is 10.4 Å². The highest BCUT2D eigenvalue weighted by atomic mass is 79.9. The summed E-state index contributed by atoms with van der Waals surface area (Å²) in [6.07, 6.45) is 0.845. The van der Waals surface area contributed by atoms with Gasteiger partial charge in [-0.25, -0.2) is 4.79 Å². The molecule has 0 aromatic heterocycles. The Balaban J connectivity index is 1.42. The molecule has 3 amide bonds. The van der Waals surface area contributed by atoms with E-state index in [0.29, 0.717) is 5.69 Å². The Morgan fingerprint density at radius 2 is 1.56 bits per heavy atom. The maximum atomic E-state index is 13.2. The van der Waals surface area contributed by atoms with Crippen molar-refractivity contribution in [2.24, 2.45) is 23.7 Å². The molecule has 5 rings (SSSR count). The van der Waals surface area contributed by atoms with E-state index in [1.165, 1.54) is 23.1 Å². The minimum absolute atomic E-state index is 0.0288. The number of nitrogens with zero attached hydrogens (tertiary/aromatic N) is 1. The zero-order chi connectivity index (χ0) is 22.7. The number of alkyl halides is 2. The lowest BCUT2D eigenvalue weighted by Crippen LogP contribution is -2.37. The number of carbonyl (C=O) groups is 4. The van der Waals surface area contributed by atoms with Gasteiger partial charge in [-0.2, -0.15) is 0 Å². The van der Waals surface area contributed by atoms with Crippen LogP contribution in [0.15, 0.2) is 48.5 Å². The molecule has 9 heteroatoms. The number of hydrogen-bond donors (Lipinski definition) is 2. The quantitative estimate of drug-likeness (QED) is 0.435. The van der Waals surface area contributed by atoms with Crippen molar-refractivity contribution >= 4 is 66.9 Å². The zero-order valence-electron chi connectivity index (χ0n) is 16.6. The van der Waals surface area contributed by atoms with Crippen LogP contribution in [0.2, 0.25) is 0 Å². The Labute approximate surface area is 200 Å². The second kappa shape index (κ2) is 7.81. The molecule has 164 valence electrons. The van der Waals surface area contributed by atoms with Crippen LogP contribution in [0, 0.1) is 23.7 Å². The molecule has 2 aromatic rings. The van der Waals surface area contributed by atoms with Crippen LogP contribution >= 0.6 is 31.9 Å². The molecule has 3 fully saturated rings. The van der Waals surface area contributed by atoms with Crippen LogP contribution in [-0.2, 0) is 9.59 Å². The smallest absolute Gasteiger partial charge is 0.337 e. The number of amides is 3. The first kappa shape index (κ1) is 21.3. The van der Waals surface area contributed by atoms with Crippen molar-refractivity contribution in [1.29, 1.82) is 0 Å². The van der Waals surface area contributed by atoms with E-state index in [-0.39, 0.29) is 62.0 Å². The van der Waals surface area contributed by atoms with Crippen LogP contribution in [0.3, 0.4) is 0 Å². The fourth-order valence-corrected chi connectivity index (χ4v) is 7.24. The number of benzene rings is 2. The number of anilines is 2. The third-order valence-electron chi connectivity index (χ3n) is 6.76. The van der Waals surface area contributed by atoms with Crippen LogP contribution in [-0.4, -0.2) is 38.5 Å². The summed E-state index contributed by atoms with van der Waals surface area (Å²) in [7, 11) is 0. The third-order valence-corrected chi connectivity index (χ3v) is 9.97. The molecule has 2 aliphatic carbocycles. The van der Waals surface area contributed by atoms with Gasteiger partial charge in [0.15, 0.2) is 0 Å². The summed E-state index contributed by atoms with van der Waals surface area (Å²) in [5, 5.41) is 11.9. The fourth-order valence-electron chi connectivity index (χ4n) is 5.36. The number of nitrogens with one attached hydrogen (secondary N) is 1. The molecule has 0 unspecified atom stereocenters. The van der Waals surface area contributed by atoms with Gasteiger partial charge in [-0.15, -0.1) is 0 Å². The van der Waals surface area contributed by atoms with E-state index in [1.807, 2.05) is 0 Å². The van der Waals surface area contributed by atoms with Crippen LogP contribution < -0.4 is 10.2 Å². The van der Waals surface area contributed by atoms with Gasteiger partial charge in [-0.05, 0) is 48.6 Å². The molecule has 0 radical (unpaired) electrons. The standard InChI is InChI=1S/C23H18Br2N2O5/c24-18-13-9-14(19(18)25)17-16(13)21(29)27(22(17)30)11-5-3-4-10(8-11)20(28)26-15-7-2-1-6-12(15)23(31)32/h1-8,13-14,16-19H,9H2,(H,26,28)(H,31,32)/t13-,14-,16-,17+,18+,19+/m1/s1. The molecule has 1 aliphatic heterocycles. The number of para-hydroxylation sites is 1. The number of halogens is 2. The van der Waals surface area contributed by atoms with E-state index in [2.05, 4.69) is 37.2 Å². The van der Waals surface area contributed by atoms with E-state index in [1.54, 1.807) is 30.3 Å². The lowest BCUT2D eigenvalue weighted by molar-refractivity contribution is -0.123. The van der Waals surface area contributed by atoms with Crippen molar-refractivity contribution in [2.75, 3.05) is 10.2 Å². The van der Waals surface area contributed by atoms with Crippen LogP contribution in [0.25, 0.3) is 0 Å². The Hall–Kier alpha value is -2.52. The first-order chi connectivity index (χ1) is 15.3. The van der Waals surface area contributed by atoms with Crippen molar-refractivity contribution < 1.29 is 24.3 Å². The molecule has 6 atom stereocenters. The maximum Gasteiger partial charge on any atom is 0.337 e. The molecule has 2 aromatic carbocycles. The summed E-state index contributed by atoms with van der Waals surface area (Å²) in [6, 6.07) is 12.4. The van der Waals surface area contributed by atoms with Gasteiger partial charge in [0.1, 0.15) is 0 Å². The highest BCUT2D eigenvalue weighted by Crippen LogP contribution is 2.60. The number of aromatic carboxylic acids is 1. The lowest BCUT2D eigenvalue weighted by atomic mass is 9.81. The zero-order valence-corrected chi connectivity index (χ0v) is 19.7. The number of carboxylic acid groups (broad SMARTS) is 1. The van der Waals surface area contributed by atoms with Crippen LogP contribution in [0.1, 0.15) is 27.1 Å². The molecular weight excluding hydrogens is 544 g/mol. The van der Waals surface area contributed by atoms with Crippen molar-refractivity contribution in [3.8, 4) is 0 Å². The Morgan fingerprint density at radius 3 is 2.19 bits per heavy atom. The van der Waals surface area contributed by atoms with Crippen molar-refractivity contribution in [3.05, 3.63) is 59.7 Å². The summed E-state index contributed by atoms with van der Waals surface area (Å²) >= 11 is 7.35. The molecule has 32 heavy (non-hydrogen) atoms. The van der Waals surface area contributed by atoms with Gasteiger partial charge in [-0.3, -0.25) is 19.3 Å². The Kier molecular flexibility index (Phi) is 5.21. The number of hydrogen-bond acceptors (Lipinski definition) is 4. The van der Waals surface area contributed by atoms with Crippen LogP contribution in [0.5, 0.6) is 0 Å². The minimum Gasteiger partial charge on any atom is -0.478 e. The summed E-state index contributed by atoms with van der Waals surface area (Å²) in [4.78, 5) is 52.2. The van der Waals surface area contributed by atoms with Crippen molar-refractivity contribution in [2.45, 2.75) is 16.1 Å². The van der Waals surface area contributed by atoms with E-state index in [0.717, 1.165) is 6.42 Å². The fraction of sp³-hybridized carbons (Fsp3) is 0.304. The average molecular weight is 562 g/mol. The first-order valence-corrected chi connectivity index (χ1v) is 12.0. The summed E-state index contributed by atoms with van der Waals surface area (Å²) in [5.41, 5.74) is 0.714. The van der Waals surface area contributed by atoms with Gasteiger partial charge in [0.05, 0.1) is 28.8 Å². The number of imide groups is 1. The molecule has 1 heterocycles. The highest BCUT2D eigenvalue weighted by molar-refractivity contribution is 9.12. The number of carboxylic acids is 1. The van der Waals surface area contributed by atoms with Gasteiger partial charge >= 0.3 is 5.97 Å². The molecule has 2 bridgehead atoms. The minimum atomic E-state index is -1.15. The highest BCUT2D eigenvalue weighted by Gasteiger charge is 2.66. The molecule has 2 saturated carbocycles. The van der Waals surface area contributed by atoms with Crippen molar-refractivity contribution in [3.63, 3.8) is 0 Å². The average Bonchev–Trinajstić information content (AvgIpc) is 3.39. The second-order valence-electron chi connectivity index (χ2n) is 8.37. The van der Waals surface area contributed by atoms with Gasteiger partial charge in [-0.1, -0.05) is 50.1 Å². The van der Waals surface area contributed by atoms with Gasteiger partial charge in [0.25, 0.3) is 5.91 Å². The van der Waals surface area contributed by atoms with E-state index < -0.39 is 11.9 Å². The Bertz CT molecular complexity index is 1140. The summed E-state index contributed by atoms with van der Waals surface area (Å²) in [5.74, 6) is -2.59. The number of rotatable bonds is 4. The van der Waals surface area contributed by atoms with E-state index in [9.17, 15) is 24.3 Å². The van der Waals surface area contributed by atoms with Crippen LogP contribution in [0.4, 0.5) is 11.4 Å². The largest absolute Gasteiger partial charge is 0.478 e. The molecule has 3 aliphatic rings. The van der Waals surface area contributed by atoms with Crippen molar-refractivity contribution in [1.82, 2.24) is 0 Å². The molecule has 2 N–H and O–H groups in total. The van der Waals surface area contributed by atoms with Gasteiger partial charge in [0.2, 0.25) is 11.8 Å². The summed E-state index contributed by atoms with van der Waals surface area (Å²) < 4.78 is 0.